The van der Waals surface area contributed by atoms with Gasteiger partial charge in [0.25, 0.3) is 5.91 Å². The first-order chi connectivity index (χ1) is 13.2. The van der Waals surface area contributed by atoms with Crippen LogP contribution >= 0.6 is 24.0 Å². The molecule has 0 fully saturated rings. The molecule has 0 saturated heterocycles. The maximum atomic E-state index is 11.5. The Labute approximate surface area is 183 Å². The van der Waals surface area contributed by atoms with E-state index in [1.54, 1.807) is 6.20 Å². The quantitative estimate of drug-likeness (QED) is 0.282. The number of aromatic nitrogens is 1. The summed E-state index contributed by atoms with van der Waals surface area (Å²) < 4.78 is 5.52. The Kier molecular flexibility index (Phi) is 11.6. The molecular weight excluding hydrogens is 469 g/mol. The van der Waals surface area contributed by atoms with E-state index in [2.05, 4.69) is 25.9 Å². The van der Waals surface area contributed by atoms with E-state index in [0.717, 1.165) is 23.8 Å². The molecule has 0 radical (unpaired) electrons. The van der Waals surface area contributed by atoms with Gasteiger partial charge in [-0.1, -0.05) is 18.2 Å². The number of rotatable bonds is 9. The van der Waals surface area contributed by atoms with Crippen molar-refractivity contribution in [1.82, 2.24) is 20.9 Å². The lowest BCUT2D eigenvalue weighted by Gasteiger charge is -2.11. The van der Waals surface area contributed by atoms with E-state index < -0.39 is 0 Å². The van der Waals surface area contributed by atoms with Crippen molar-refractivity contribution in [2.75, 3.05) is 19.7 Å². The van der Waals surface area contributed by atoms with Gasteiger partial charge >= 0.3 is 0 Å². The standard InChI is InChI=1S/C20H27N5O2.HI/c1-3-21-19(26)15-27-18-10-7-8-16(12-18)13-24-20(22-4-2)25-14-17-9-5-6-11-23-17;/h5-12H,3-4,13-15H2,1-2H3,(H,21,26)(H2,22,24,25);1H. The maximum absolute atomic E-state index is 11.5. The van der Waals surface area contributed by atoms with Crippen molar-refractivity contribution in [2.45, 2.75) is 26.9 Å². The van der Waals surface area contributed by atoms with Gasteiger partial charge in [-0.15, -0.1) is 24.0 Å². The topological polar surface area (TPSA) is 87.6 Å². The SMILES string of the molecule is CCNC(=O)COc1cccc(CN=C(NCC)NCc2ccccn2)c1.I. The minimum atomic E-state index is -0.130. The van der Waals surface area contributed by atoms with E-state index in [1.807, 2.05) is 56.3 Å². The molecule has 1 aromatic heterocycles. The van der Waals surface area contributed by atoms with Crippen molar-refractivity contribution < 1.29 is 9.53 Å². The van der Waals surface area contributed by atoms with Gasteiger partial charge in [0, 0.05) is 19.3 Å². The summed E-state index contributed by atoms with van der Waals surface area (Å²) in [5.41, 5.74) is 1.95. The lowest BCUT2D eigenvalue weighted by atomic mass is 10.2. The lowest BCUT2D eigenvalue weighted by molar-refractivity contribution is -0.122. The average Bonchev–Trinajstić information content (AvgIpc) is 2.70. The first kappa shape index (κ1) is 23.7. The summed E-state index contributed by atoms with van der Waals surface area (Å²) in [6, 6.07) is 13.4. The summed E-state index contributed by atoms with van der Waals surface area (Å²) in [4.78, 5) is 20.4. The van der Waals surface area contributed by atoms with Crippen LogP contribution in [0.4, 0.5) is 0 Å². The molecule has 8 heteroatoms. The molecule has 2 aromatic rings. The third-order valence-corrected chi connectivity index (χ3v) is 3.57. The summed E-state index contributed by atoms with van der Waals surface area (Å²) in [5.74, 6) is 1.24. The number of hydrogen-bond acceptors (Lipinski definition) is 4. The van der Waals surface area contributed by atoms with E-state index in [1.165, 1.54) is 0 Å². The molecule has 2 rings (SSSR count). The molecule has 0 aliphatic rings. The number of amides is 1. The fourth-order valence-corrected chi connectivity index (χ4v) is 2.32. The van der Waals surface area contributed by atoms with Crippen LogP contribution in [0.2, 0.25) is 0 Å². The molecule has 0 aliphatic heterocycles. The van der Waals surface area contributed by atoms with Gasteiger partial charge < -0.3 is 20.7 Å². The van der Waals surface area contributed by atoms with Crippen molar-refractivity contribution in [3.05, 3.63) is 59.9 Å². The Hall–Kier alpha value is -2.36. The predicted molar refractivity (Wildman–Crippen MR) is 122 cm³/mol. The minimum absolute atomic E-state index is 0. The molecule has 1 amide bonds. The van der Waals surface area contributed by atoms with Crippen LogP contribution in [0.5, 0.6) is 5.75 Å². The number of carbonyl (C=O) groups excluding carboxylic acids is 1. The predicted octanol–water partition coefficient (Wildman–Crippen LogP) is 2.47. The maximum Gasteiger partial charge on any atom is 0.257 e. The Morgan fingerprint density at radius 2 is 1.89 bits per heavy atom. The first-order valence-electron chi connectivity index (χ1n) is 9.11. The fourth-order valence-electron chi connectivity index (χ4n) is 2.32. The summed E-state index contributed by atoms with van der Waals surface area (Å²) in [6.07, 6.45) is 1.77. The Morgan fingerprint density at radius 3 is 2.61 bits per heavy atom. The molecule has 0 saturated carbocycles. The molecule has 0 aliphatic carbocycles. The smallest absolute Gasteiger partial charge is 0.257 e. The molecule has 0 bridgehead atoms. The number of guanidine groups is 1. The highest BCUT2D eigenvalue weighted by molar-refractivity contribution is 14.0. The van der Waals surface area contributed by atoms with Gasteiger partial charge in [0.2, 0.25) is 0 Å². The molecule has 0 spiro atoms. The number of likely N-dealkylation sites (N-methyl/N-ethyl adjacent to an activating group) is 1. The van der Waals surface area contributed by atoms with E-state index in [9.17, 15) is 4.79 Å². The van der Waals surface area contributed by atoms with Gasteiger partial charge in [-0.3, -0.25) is 9.78 Å². The first-order valence-corrected chi connectivity index (χ1v) is 9.11. The van der Waals surface area contributed by atoms with E-state index in [4.69, 9.17) is 4.74 Å². The Balaban J connectivity index is 0.00000392. The molecule has 7 nitrogen and oxygen atoms in total. The highest BCUT2D eigenvalue weighted by atomic mass is 127. The number of aliphatic imine (C=N–C) groups is 1. The van der Waals surface area contributed by atoms with Gasteiger partial charge in [0.05, 0.1) is 18.8 Å². The van der Waals surface area contributed by atoms with Gasteiger partial charge in [-0.05, 0) is 43.7 Å². The second kappa shape index (κ2) is 13.8. The lowest BCUT2D eigenvalue weighted by Crippen LogP contribution is -2.37. The van der Waals surface area contributed by atoms with Gasteiger partial charge in [-0.2, -0.15) is 0 Å². The second-order valence-corrected chi connectivity index (χ2v) is 5.76. The van der Waals surface area contributed by atoms with Crippen LogP contribution < -0.4 is 20.7 Å². The zero-order valence-electron chi connectivity index (χ0n) is 16.3. The zero-order valence-corrected chi connectivity index (χ0v) is 18.6. The van der Waals surface area contributed by atoms with Crippen LogP contribution in [0.15, 0.2) is 53.7 Å². The Morgan fingerprint density at radius 1 is 1.07 bits per heavy atom. The summed E-state index contributed by atoms with van der Waals surface area (Å²) >= 11 is 0. The highest BCUT2D eigenvalue weighted by Crippen LogP contribution is 2.14. The third-order valence-electron chi connectivity index (χ3n) is 3.57. The van der Waals surface area contributed by atoms with Crippen molar-refractivity contribution >= 4 is 35.8 Å². The molecule has 0 atom stereocenters. The number of ether oxygens (including phenoxy) is 1. The number of pyridine rings is 1. The molecule has 3 N–H and O–H groups in total. The number of halogens is 1. The summed E-state index contributed by atoms with van der Waals surface area (Å²) in [6.45, 7) is 6.36. The molecule has 1 heterocycles. The normalized spacial score (nSPS) is 10.6. The van der Waals surface area contributed by atoms with Gasteiger partial charge in [0.1, 0.15) is 5.75 Å². The number of nitrogens with zero attached hydrogens (tertiary/aromatic N) is 2. The number of carbonyl (C=O) groups is 1. The average molecular weight is 497 g/mol. The fraction of sp³-hybridized carbons (Fsp3) is 0.350. The van der Waals surface area contributed by atoms with Crippen LogP contribution in [0.25, 0.3) is 0 Å². The van der Waals surface area contributed by atoms with Crippen LogP contribution in [0.1, 0.15) is 25.1 Å². The zero-order chi connectivity index (χ0) is 19.3. The molecule has 0 unspecified atom stereocenters. The van der Waals surface area contributed by atoms with Crippen molar-refractivity contribution in [2.24, 2.45) is 4.99 Å². The number of benzene rings is 1. The molecule has 152 valence electrons. The summed E-state index contributed by atoms with van der Waals surface area (Å²) in [7, 11) is 0. The largest absolute Gasteiger partial charge is 0.484 e. The van der Waals surface area contributed by atoms with Crippen LogP contribution in [0.3, 0.4) is 0 Å². The van der Waals surface area contributed by atoms with E-state index in [-0.39, 0.29) is 36.5 Å². The second-order valence-electron chi connectivity index (χ2n) is 5.76. The Bertz CT molecular complexity index is 740. The van der Waals surface area contributed by atoms with Crippen LogP contribution in [-0.4, -0.2) is 36.5 Å². The number of nitrogens with one attached hydrogen (secondary N) is 3. The van der Waals surface area contributed by atoms with Crippen molar-refractivity contribution in [3.63, 3.8) is 0 Å². The third kappa shape index (κ3) is 9.03. The van der Waals surface area contributed by atoms with Crippen LogP contribution in [-0.2, 0) is 17.9 Å². The minimum Gasteiger partial charge on any atom is -0.484 e. The van der Waals surface area contributed by atoms with Gasteiger partial charge in [-0.25, -0.2) is 4.99 Å². The molecular formula is C20H28IN5O2. The van der Waals surface area contributed by atoms with E-state index in [0.29, 0.717) is 25.4 Å². The van der Waals surface area contributed by atoms with E-state index >= 15 is 0 Å². The molecule has 28 heavy (non-hydrogen) atoms. The molecule has 1 aromatic carbocycles. The number of hydrogen-bond donors (Lipinski definition) is 3. The van der Waals surface area contributed by atoms with Crippen LogP contribution in [0, 0.1) is 0 Å². The summed E-state index contributed by atoms with van der Waals surface area (Å²) in [5, 5.41) is 9.19. The van der Waals surface area contributed by atoms with Gasteiger partial charge in [0.15, 0.2) is 12.6 Å². The monoisotopic (exact) mass is 497 g/mol. The van der Waals surface area contributed by atoms with Crippen molar-refractivity contribution in [3.8, 4) is 5.75 Å². The van der Waals surface area contributed by atoms with Crippen molar-refractivity contribution in [1.29, 1.82) is 0 Å². The highest BCUT2D eigenvalue weighted by Gasteiger charge is 2.03.